The first-order valence-corrected chi connectivity index (χ1v) is 11.6. The number of nitrogens with one attached hydrogen (secondary N) is 1. The smallest absolute Gasteiger partial charge is 0.259 e. The first-order valence-electron chi connectivity index (χ1n) is 9.66. The zero-order valence-electron chi connectivity index (χ0n) is 16.9. The van der Waals surface area contributed by atoms with Crippen molar-refractivity contribution in [1.82, 2.24) is 9.62 Å². The van der Waals surface area contributed by atoms with Gasteiger partial charge in [0.05, 0.1) is 12.3 Å². The number of amides is 1. The lowest BCUT2D eigenvalue weighted by Crippen LogP contribution is -2.51. The van der Waals surface area contributed by atoms with Crippen LogP contribution in [0.3, 0.4) is 0 Å². The van der Waals surface area contributed by atoms with Crippen LogP contribution in [0.2, 0.25) is 0 Å². The van der Waals surface area contributed by atoms with Gasteiger partial charge in [-0.3, -0.25) is 4.79 Å². The monoisotopic (exact) mass is 418 g/mol. The molecule has 1 heterocycles. The first-order chi connectivity index (χ1) is 13.5. The Morgan fingerprint density at radius 1 is 1.14 bits per heavy atom. The van der Waals surface area contributed by atoms with Crippen LogP contribution in [-0.4, -0.2) is 49.8 Å². The van der Waals surface area contributed by atoms with Gasteiger partial charge < -0.3 is 4.90 Å². The lowest BCUT2D eigenvalue weighted by molar-refractivity contribution is -0.142. The van der Waals surface area contributed by atoms with Crippen LogP contribution in [0.4, 0.5) is 4.39 Å². The highest BCUT2D eigenvalue weighted by molar-refractivity contribution is 7.88. The number of carbonyl (C=O) groups excluding carboxylic acids is 1. The lowest BCUT2D eigenvalue weighted by Gasteiger charge is -2.31. The van der Waals surface area contributed by atoms with Crippen molar-refractivity contribution < 1.29 is 17.6 Å². The van der Waals surface area contributed by atoms with E-state index in [4.69, 9.17) is 0 Å². The van der Waals surface area contributed by atoms with Crippen LogP contribution in [0.15, 0.2) is 54.6 Å². The normalized spacial score (nSPS) is 20.1. The average molecular weight is 419 g/mol. The first kappa shape index (κ1) is 21.5. The van der Waals surface area contributed by atoms with E-state index in [1.807, 2.05) is 54.6 Å². The average Bonchev–Trinajstić information content (AvgIpc) is 3.01. The van der Waals surface area contributed by atoms with E-state index in [9.17, 15) is 17.6 Å². The second-order valence-electron chi connectivity index (χ2n) is 8.09. The Labute approximate surface area is 172 Å². The van der Waals surface area contributed by atoms with E-state index in [1.165, 1.54) is 18.7 Å². The van der Waals surface area contributed by atoms with Crippen molar-refractivity contribution in [2.75, 3.05) is 12.8 Å². The Hall–Kier alpha value is -2.25. The highest BCUT2D eigenvalue weighted by atomic mass is 32.2. The molecule has 2 atom stereocenters. The van der Waals surface area contributed by atoms with Crippen LogP contribution in [0.1, 0.15) is 25.8 Å². The van der Waals surface area contributed by atoms with Gasteiger partial charge in [-0.05, 0) is 43.4 Å². The summed E-state index contributed by atoms with van der Waals surface area (Å²) in [6.45, 7) is 2.79. The SMILES string of the molecule is CC(C)(F)C(=O)N1CC[C@@H](NS(C)(=O)=O)[C@H]1Cc1cccc(-c2ccccc2)c1. The fourth-order valence-corrected chi connectivity index (χ4v) is 4.69. The van der Waals surface area contributed by atoms with Gasteiger partial charge in [-0.1, -0.05) is 54.6 Å². The van der Waals surface area contributed by atoms with Gasteiger partial charge in [0, 0.05) is 12.6 Å². The highest BCUT2D eigenvalue weighted by Gasteiger charge is 2.43. The van der Waals surface area contributed by atoms with Crippen LogP contribution in [0, 0.1) is 0 Å². The zero-order valence-corrected chi connectivity index (χ0v) is 17.7. The van der Waals surface area contributed by atoms with E-state index in [-0.39, 0.29) is 0 Å². The third-order valence-corrected chi connectivity index (χ3v) is 5.89. The molecule has 29 heavy (non-hydrogen) atoms. The Morgan fingerprint density at radius 3 is 2.41 bits per heavy atom. The third kappa shape index (κ3) is 5.42. The standard InChI is InChI=1S/C22H27FN2O3S/c1-22(2,23)21(26)25-13-12-19(24-29(3,27)28)20(25)15-16-8-7-11-18(14-16)17-9-5-4-6-10-17/h4-11,14,19-20,24H,12-13,15H2,1-3H3/t19-,20-/m1/s1. The molecule has 1 saturated heterocycles. The molecular weight excluding hydrogens is 391 g/mol. The van der Waals surface area contributed by atoms with Crippen molar-refractivity contribution in [3.05, 3.63) is 60.2 Å². The summed E-state index contributed by atoms with van der Waals surface area (Å²) in [6, 6.07) is 17.0. The van der Waals surface area contributed by atoms with Gasteiger partial charge in [-0.2, -0.15) is 0 Å². The van der Waals surface area contributed by atoms with Crippen LogP contribution < -0.4 is 4.72 Å². The van der Waals surface area contributed by atoms with Gasteiger partial charge in [0.2, 0.25) is 10.0 Å². The Morgan fingerprint density at radius 2 is 1.79 bits per heavy atom. The zero-order chi connectivity index (χ0) is 21.2. The van der Waals surface area contributed by atoms with Gasteiger partial charge in [0.15, 0.2) is 5.67 Å². The Kier molecular flexibility index (Phi) is 6.10. The van der Waals surface area contributed by atoms with E-state index >= 15 is 0 Å². The molecule has 0 bridgehead atoms. The molecule has 156 valence electrons. The maximum Gasteiger partial charge on any atom is 0.259 e. The molecule has 1 amide bonds. The maximum absolute atomic E-state index is 14.4. The van der Waals surface area contributed by atoms with E-state index in [0.717, 1.165) is 22.9 Å². The lowest BCUT2D eigenvalue weighted by atomic mass is 9.96. The minimum Gasteiger partial charge on any atom is -0.335 e. The summed E-state index contributed by atoms with van der Waals surface area (Å²) < 4.78 is 40.6. The molecule has 1 aliphatic rings. The number of nitrogens with zero attached hydrogens (tertiary/aromatic N) is 1. The predicted molar refractivity (Wildman–Crippen MR) is 113 cm³/mol. The number of hydrogen-bond acceptors (Lipinski definition) is 3. The fourth-order valence-electron chi connectivity index (χ4n) is 3.86. The van der Waals surface area contributed by atoms with Crippen molar-refractivity contribution in [3.8, 4) is 11.1 Å². The number of likely N-dealkylation sites (tertiary alicyclic amines) is 1. The molecule has 0 aliphatic carbocycles. The van der Waals surface area contributed by atoms with Crippen LogP contribution in [0.25, 0.3) is 11.1 Å². The van der Waals surface area contributed by atoms with Crippen molar-refractivity contribution in [3.63, 3.8) is 0 Å². The van der Waals surface area contributed by atoms with Crippen LogP contribution >= 0.6 is 0 Å². The maximum atomic E-state index is 14.4. The van der Waals surface area contributed by atoms with Crippen molar-refractivity contribution in [2.24, 2.45) is 0 Å². The molecule has 2 aromatic carbocycles. The summed E-state index contributed by atoms with van der Waals surface area (Å²) in [6.07, 6.45) is 2.00. The number of rotatable bonds is 6. The highest BCUT2D eigenvalue weighted by Crippen LogP contribution is 2.28. The fraction of sp³-hybridized carbons (Fsp3) is 0.409. The van der Waals surface area contributed by atoms with Gasteiger partial charge in [-0.15, -0.1) is 0 Å². The van der Waals surface area contributed by atoms with E-state index in [0.29, 0.717) is 19.4 Å². The van der Waals surface area contributed by atoms with E-state index < -0.39 is 33.7 Å². The number of alkyl halides is 1. The summed E-state index contributed by atoms with van der Waals surface area (Å²) >= 11 is 0. The van der Waals surface area contributed by atoms with Crippen molar-refractivity contribution in [1.29, 1.82) is 0 Å². The van der Waals surface area contributed by atoms with Crippen LogP contribution in [-0.2, 0) is 21.2 Å². The predicted octanol–water partition coefficient (Wildman–Crippen LogP) is 3.16. The minimum atomic E-state index is -3.45. The molecule has 5 nitrogen and oxygen atoms in total. The number of halogens is 1. The Balaban J connectivity index is 1.90. The molecule has 7 heteroatoms. The number of carbonyl (C=O) groups is 1. The van der Waals surface area contributed by atoms with Crippen molar-refractivity contribution in [2.45, 2.75) is 44.4 Å². The Bertz CT molecular complexity index is 971. The summed E-state index contributed by atoms with van der Waals surface area (Å²) in [5.41, 5.74) is 1.07. The van der Waals surface area contributed by atoms with Gasteiger partial charge in [0.1, 0.15) is 0 Å². The number of sulfonamides is 1. The molecular formula is C22H27FN2O3S. The van der Waals surface area contributed by atoms with Crippen LogP contribution in [0.5, 0.6) is 0 Å². The molecule has 2 aromatic rings. The molecule has 0 unspecified atom stereocenters. The quantitative estimate of drug-likeness (QED) is 0.784. The molecule has 0 aromatic heterocycles. The molecule has 0 radical (unpaired) electrons. The summed E-state index contributed by atoms with van der Waals surface area (Å²) in [5, 5.41) is 0. The minimum absolute atomic E-state index is 0.322. The summed E-state index contributed by atoms with van der Waals surface area (Å²) in [7, 11) is -3.45. The molecule has 1 N–H and O–H groups in total. The van der Waals surface area contributed by atoms with Gasteiger partial charge in [0.25, 0.3) is 5.91 Å². The molecule has 0 spiro atoms. The van der Waals surface area contributed by atoms with E-state index in [2.05, 4.69) is 4.72 Å². The number of benzene rings is 2. The summed E-state index contributed by atoms with van der Waals surface area (Å²) in [5.74, 6) is -0.612. The third-order valence-electron chi connectivity index (χ3n) is 5.16. The van der Waals surface area contributed by atoms with Crippen molar-refractivity contribution >= 4 is 15.9 Å². The van der Waals surface area contributed by atoms with Gasteiger partial charge >= 0.3 is 0 Å². The number of hydrogen-bond donors (Lipinski definition) is 1. The molecule has 3 rings (SSSR count). The second kappa shape index (κ2) is 8.24. The molecule has 1 aliphatic heterocycles. The largest absolute Gasteiger partial charge is 0.335 e. The molecule has 0 saturated carbocycles. The van der Waals surface area contributed by atoms with Gasteiger partial charge in [-0.25, -0.2) is 17.5 Å². The second-order valence-corrected chi connectivity index (χ2v) is 9.87. The topological polar surface area (TPSA) is 66.5 Å². The van der Waals surface area contributed by atoms with E-state index in [1.54, 1.807) is 0 Å². The summed E-state index contributed by atoms with van der Waals surface area (Å²) in [4.78, 5) is 14.1. The molecule has 1 fully saturated rings.